The second-order valence-corrected chi connectivity index (χ2v) is 3.86. The first-order valence-corrected chi connectivity index (χ1v) is 5.46. The maximum Gasteiger partial charge on any atom is 0.239 e. The standard InChI is InChI=1S/C10H19N3O2/c1-2-3-12-10(15)7-13-9(14)4-8-5-11-6-8/h8,11H,2-7H2,1H3,(H,12,15)(H,13,14). The number of rotatable bonds is 6. The predicted molar refractivity (Wildman–Crippen MR) is 57.3 cm³/mol. The second-order valence-electron chi connectivity index (χ2n) is 3.86. The van der Waals surface area contributed by atoms with E-state index in [1.54, 1.807) is 0 Å². The van der Waals surface area contributed by atoms with E-state index in [1.165, 1.54) is 0 Å². The van der Waals surface area contributed by atoms with Gasteiger partial charge in [0.25, 0.3) is 0 Å². The number of carbonyl (C=O) groups excluding carboxylic acids is 2. The minimum atomic E-state index is -0.114. The van der Waals surface area contributed by atoms with Gasteiger partial charge >= 0.3 is 0 Å². The van der Waals surface area contributed by atoms with Crippen molar-refractivity contribution in [2.24, 2.45) is 5.92 Å². The minimum absolute atomic E-state index is 0.0341. The van der Waals surface area contributed by atoms with Gasteiger partial charge in [-0.3, -0.25) is 9.59 Å². The number of nitrogens with one attached hydrogen (secondary N) is 3. The highest BCUT2D eigenvalue weighted by Crippen LogP contribution is 2.06. The lowest BCUT2D eigenvalue weighted by molar-refractivity contribution is -0.126. The van der Waals surface area contributed by atoms with Crippen molar-refractivity contribution < 1.29 is 9.59 Å². The molecule has 0 spiro atoms. The van der Waals surface area contributed by atoms with E-state index < -0.39 is 0 Å². The molecule has 1 rings (SSSR count). The second kappa shape index (κ2) is 6.40. The molecule has 5 nitrogen and oxygen atoms in total. The maximum absolute atomic E-state index is 11.3. The van der Waals surface area contributed by atoms with Crippen LogP contribution >= 0.6 is 0 Å². The molecular formula is C10H19N3O2. The molecule has 3 N–H and O–H groups in total. The van der Waals surface area contributed by atoms with Crippen LogP contribution in [0.1, 0.15) is 19.8 Å². The third-order valence-corrected chi connectivity index (χ3v) is 2.36. The summed E-state index contributed by atoms with van der Waals surface area (Å²) in [6.45, 7) is 4.58. The highest BCUT2D eigenvalue weighted by atomic mass is 16.2. The quantitative estimate of drug-likeness (QED) is 0.543. The summed E-state index contributed by atoms with van der Waals surface area (Å²) < 4.78 is 0. The lowest BCUT2D eigenvalue weighted by atomic mass is 9.99. The van der Waals surface area contributed by atoms with Gasteiger partial charge in [0, 0.05) is 13.0 Å². The van der Waals surface area contributed by atoms with E-state index >= 15 is 0 Å². The monoisotopic (exact) mass is 213 g/mol. The van der Waals surface area contributed by atoms with Crippen LogP contribution in [-0.2, 0) is 9.59 Å². The van der Waals surface area contributed by atoms with Gasteiger partial charge < -0.3 is 16.0 Å². The highest BCUT2D eigenvalue weighted by molar-refractivity contribution is 5.84. The van der Waals surface area contributed by atoms with Gasteiger partial charge in [-0.2, -0.15) is 0 Å². The summed E-state index contributed by atoms with van der Waals surface area (Å²) in [5.41, 5.74) is 0. The van der Waals surface area contributed by atoms with E-state index in [9.17, 15) is 9.59 Å². The average Bonchev–Trinajstić information content (AvgIpc) is 2.17. The van der Waals surface area contributed by atoms with Crippen molar-refractivity contribution in [2.75, 3.05) is 26.2 Å². The Bertz CT molecular complexity index is 227. The molecule has 0 aromatic heterocycles. The van der Waals surface area contributed by atoms with E-state index in [0.717, 1.165) is 19.5 Å². The van der Waals surface area contributed by atoms with Crippen LogP contribution < -0.4 is 16.0 Å². The van der Waals surface area contributed by atoms with Crippen molar-refractivity contribution in [1.82, 2.24) is 16.0 Å². The van der Waals surface area contributed by atoms with Crippen LogP contribution in [0.25, 0.3) is 0 Å². The Labute approximate surface area is 90.0 Å². The predicted octanol–water partition coefficient (Wildman–Crippen LogP) is -0.762. The van der Waals surface area contributed by atoms with E-state index in [2.05, 4.69) is 16.0 Å². The first-order valence-electron chi connectivity index (χ1n) is 5.46. The molecule has 0 saturated carbocycles. The fraction of sp³-hybridized carbons (Fsp3) is 0.800. The van der Waals surface area contributed by atoms with Crippen LogP contribution in [0.5, 0.6) is 0 Å². The summed E-state index contributed by atoms with van der Waals surface area (Å²) in [5, 5.41) is 8.41. The zero-order chi connectivity index (χ0) is 11.1. The molecule has 5 heteroatoms. The van der Waals surface area contributed by atoms with Gasteiger partial charge in [-0.15, -0.1) is 0 Å². The van der Waals surface area contributed by atoms with E-state index in [4.69, 9.17) is 0 Å². The number of carbonyl (C=O) groups is 2. The van der Waals surface area contributed by atoms with E-state index in [0.29, 0.717) is 18.9 Å². The molecule has 0 aliphatic carbocycles. The molecule has 2 amide bonds. The third-order valence-electron chi connectivity index (χ3n) is 2.36. The summed E-state index contributed by atoms with van der Waals surface area (Å²) in [7, 11) is 0. The Kier molecular flexibility index (Phi) is 5.10. The number of hydrogen-bond acceptors (Lipinski definition) is 3. The van der Waals surface area contributed by atoms with Crippen LogP contribution in [0.4, 0.5) is 0 Å². The summed E-state index contributed by atoms with van der Waals surface area (Å²) in [6.07, 6.45) is 1.43. The molecule has 1 aliphatic rings. The van der Waals surface area contributed by atoms with Crippen molar-refractivity contribution in [3.05, 3.63) is 0 Å². The fourth-order valence-electron chi connectivity index (χ4n) is 1.33. The molecule has 0 bridgehead atoms. The molecule has 1 saturated heterocycles. The Morgan fingerprint density at radius 3 is 2.53 bits per heavy atom. The van der Waals surface area contributed by atoms with Gasteiger partial charge in [-0.05, 0) is 25.4 Å². The Morgan fingerprint density at radius 1 is 1.27 bits per heavy atom. The van der Waals surface area contributed by atoms with Gasteiger partial charge in [0.15, 0.2) is 0 Å². The third kappa shape index (κ3) is 4.78. The van der Waals surface area contributed by atoms with Crippen LogP contribution in [-0.4, -0.2) is 38.0 Å². The molecule has 15 heavy (non-hydrogen) atoms. The number of hydrogen-bond donors (Lipinski definition) is 3. The van der Waals surface area contributed by atoms with Crippen LogP contribution in [0.15, 0.2) is 0 Å². The van der Waals surface area contributed by atoms with E-state index in [1.807, 2.05) is 6.92 Å². The first-order chi connectivity index (χ1) is 7.22. The van der Waals surface area contributed by atoms with Crippen molar-refractivity contribution in [2.45, 2.75) is 19.8 Å². The number of amides is 2. The van der Waals surface area contributed by atoms with E-state index in [-0.39, 0.29) is 18.4 Å². The fourth-order valence-corrected chi connectivity index (χ4v) is 1.33. The van der Waals surface area contributed by atoms with Crippen molar-refractivity contribution in [1.29, 1.82) is 0 Å². The molecule has 1 fully saturated rings. The topological polar surface area (TPSA) is 70.2 Å². The molecule has 86 valence electrons. The van der Waals surface area contributed by atoms with Crippen molar-refractivity contribution in [3.63, 3.8) is 0 Å². The minimum Gasteiger partial charge on any atom is -0.355 e. The SMILES string of the molecule is CCCNC(=O)CNC(=O)CC1CNC1. The molecule has 0 atom stereocenters. The summed E-state index contributed by atoms with van der Waals surface area (Å²) in [6, 6.07) is 0. The van der Waals surface area contributed by atoms with Gasteiger partial charge in [0.1, 0.15) is 0 Å². The Hall–Kier alpha value is -1.10. The smallest absolute Gasteiger partial charge is 0.239 e. The van der Waals surface area contributed by atoms with Gasteiger partial charge in [-0.1, -0.05) is 6.92 Å². The largest absolute Gasteiger partial charge is 0.355 e. The average molecular weight is 213 g/mol. The molecule has 1 heterocycles. The molecule has 1 aliphatic heterocycles. The van der Waals surface area contributed by atoms with Gasteiger partial charge in [-0.25, -0.2) is 0 Å². The molecule has 0 aromatic rings. The van der Waals surface area contributed by atoms with Gasteiger partial charge in [0.05, 0.1) is 6.54 Å². The van der Waals surface area contributed by atoms with Crippen LogP contribution in [0.3, 0.4) is 0 Å². The van der Waals surface area contributed by atoms with Crippen molar-refractivity contribution in [3.8, 4) is 0 Å². The van der Waals surface area contributed by atoms with Crippen LogP contribution in [0, 0.1) is 5.92 Å². The summed E-state index contributed by atoms with van der Waals surface area (Å²) in [4.78, 5) is 22.4. The molecule has 0 radical (unpaired) electrons. The normalized spacial score (nSPS) is 15.5. The zero-order valence-electron chi connectivity index (χ0n) is 9.14. The highest BCUT2D eigenvalue weighted by Gasteiger charge is 2.19. The zero-order valence-corrected chi connectivity index (χ0v) is 9.14. The molecular weight excluding hydrogens is 194 g/mol. The van der Waals surface area contributed by atoms with Crippen molar-refractivity contribution >= 4 is 11.8 Å². The first kappa shape index (κ1) is 12.0. The maximum atomic E-state index is 11.3. The Morgan fingerprint density at radius 2 is 2.00 bits per heavy atom. The molecule has 0 aromatic carbocycles. The summed E-state index contributed by atoms with van der Waals surface area (Å²) >= 11 is 0. The van der Waals surface area contributed by atoms with Gasteiger partial charge in [0.2, 0.25) is 11.8 Å². The Balaban J connectivity index is 2.02. The summed E-state index contributed by atoms with van der Waals surface area (Å²) in [5.74, 6) is 0.300. The molecule has 0 unspecified atom stereocenters. The van der Waals surface area contributed by atoms with Crippen LogP contribution in [0.2, 0.25) is 0 Å². The lowest BCUT2D eigenvalue weighted by Crippen LogP contribution is -2.45. The lowest BCUT2D eigenvalue weighted by Gasteiger charge is -2.26.